The maximum Gasteiger partial charge on any atom is 0.404 e. The number of hydrogen-bond acceptors (Lipinski definition) is 3. The number of hydrogen-bond donors (Lipinski definition) is 2. The molecule has 0 spiro atoms. The molecule has 1 aliphatic carbocycles. The Morgan fingerprint density at radius 2 is 2.27 bits per heavy atom. The molecule has 2 rings (SSSR count). The Hall–Kier alpha value is -0.770. The van der Waals surface area contributed by atoms with E-state index in [1.165, 1.54) is 0 Å². The molecule has 0 bridgehead atoms. The summed E-state index contributed by atoms with van der Waals surface area (Å²) >= 11 is 0. The third-order valence-corrected chi connectivity index (χ3v) is 4.28. The van der Waals surface area contributed by atoms with Gasteiger partial charge in [0.2, 0.25) is 0 Å². The second-order valence-electron chi connectivity index (χ2n) is 5.76. The summed E-state index contributed by atoms with van der Waals surface area (Å²) in [5, 5.41) is 3.42. The largest absolute Gasteiger partial charge is 0.449 e. The van der Waals surface area contributed by atoms with Gasteiger partial charge in [-0.15, -0.1) is 0 Å². The minimum Gasteiger partial charge on any atom is -0.449 e. The van der Waals surface area contributed by atoms with Crippen LogP contribution >= 0.6 is 0 Å². The monoisotopic (exact) mass is 212 g/mol. The number of nitrogens with two attached hydrogens (primary N) is 1. The second kappa shape index (κ2) is 3.11. The molecule has 1 heterocycles. The molecule has 0 aromatic rings. The molecule has 4 heteroatoms. The van der Waals surface area contributed by atoms with Crippen LogP contribution < -0.4 is 11.1 Å². The first kappa shape index (κ1) is 10.7. The summed E-state index contributed by atoms with van der Waals surface area (Å²) in [6.45, 7) is 9.35. The topological polar surface area (TPSA) is 64.3 Å². The average Bonchev–Trinajstić information content (AvgIpc) is 2.53. The predicted molar refractivity (Wildman–Crippen MR) is 57.3 cm³/mol. The lowest BCUT2D eigenvalue weighted by molar-refractivity contribution is 0.124. The standard InChI is InChI=1S/C11H20N2O2/c1-10(2,3)11-6-13-4-7(11)8(11)5-15-9(12)14/h7-8,13H,4-6H2,1-3H3,(H2,12,14). The lowest BCUT2D eigenvalue weighted by atomic mass is 9.75. The lowest BCUT2D eigenvalue weighted by Crippen LogP contribution is -2.32. The van der Waals surface area contributed by atoms with Crippen molar-refractivity contribution >= 4 is 6.09 Å². The van der Waals surface area contributed by atoms with Crippen LogP contribution in [0.2, 0.25) is 0 Å². The van der Waals surface area contributed by atoms with Crippen LogP contribution in [0.1, 0.15) is 20.8 Å². The van der Waals surface area contributed by atoms with Gasteiger partial charge in [-0.05, 0) is 23.3 Å². The third kappa shape index (κ3) is 1.42. The molecule has 1 saturated heterocycles. The van der Waals surface area contributed by atoms with Gasteiger partial charge in [-0.25, -0.2) is 4.79 Å². The Morgan fingerprint density at radius 1 is 1.60 bits per heavy atom. The van der Waals surface area contributed by atoms with Crippen LogP contribution in [0.15, 0.2) is 0 Å². The van der Waals surface area contributed by atoms with Crippen LogP contribution in [0.3, 0.4) is 0 Å². The van der Waals surface area contributed by atoms with Crippen LogP contribution in [0.5, 0.6) is 0 Å². The highest BCUT2D eigenvalue weighted by molar-refractivity contribution is 5.64. The van der Waals surface area contributed by atoms with Crippen molar-refractivity contribution in [1.29, 1.82) is 0 Å². The minimum atomic E-state index is -0.656. The molecule has 3 N–H and O–H groups in total. The smallest absolute Gasteiger partial charge is 0.404 e. The van der Waals surface area contributed by atoms with Crippen LogP contribution in [0.25, 0.3) is 0 Å². The molecule has 1 amide bonds. The number of rotatable bonds is 2. The van der Waals surface area contributed by atoms with Crippen molar-refractivity contribution in [3.05, 3.63) is 0 Å². The predicted octanol–water partition coefficient (Wildman–Crippen LogP) is 0.963. The van der Waals surface area contributed by atoms with Crippen LogP contribution in [0.4, 0.5) is 4.79 Å². The molecular weight excluding hydrogens is 192 g/mol. The Balaban J connectivity index is 2.03. The number of fused-ring (bicyclic) bond motifs is 1. The normalized spacial score (nSPS) is 38.6. The SMILES string of the molecule is CC(C)(C)C12CNCC1C2COC(N)=O. The summed E-state index contributed by atoms with van der Waals surface area (Å²) in [4.78, 5) is 10.6. The molecule has 0 radical (unpaired) electrons. The van der Waals surface area contributed by atoms with E-state index in [0.29, 0.717) is 23.9 Å². The number of carbonyl (C=O) groups is 1. The summed E-state index contributed by atoms with van der Waals surface area (Å²) in [6.07, 6.45) is -0.656. The molecule has 2 fully saturated rings. The highest BCUT2D eigenvalue weighted by atomic mass is 16.5. The quantitative estimate of drug-likeness (QED) is 0.716. The van der Waals surface area contributed by atoms with Gasteiger partial charge in [0.1, 0.15) is 0 Å². The molecule has 3 unspecified atom stereocenters. The first-order chi connectivity index (χ1) is 6.89. The Morgan fingerprint density at radius 3 is 2.73 bits per heavy atom. The second-order valence-corrected chi connectivity index (χ2v) is 5.76. The molecule has 2 aliphatic rings. The molecule has 86 valence electrons. The van der Waals surface area contributed by atoms with Gasteiger partial charge in [-0.1, -0.05) is 20.8 Å². The van der Waals surface area contributed by atoms with E-state index in [9.17, 15) is 4.79 Å². The zero-order chi connectivity index (χ0) is 11.3. The molecule has 4 nitrogen and oxygen atoms in total. The van der Waals surface area contributed by atoms with E-state index in [0.717, 1.165) is 13.1 Å². The molecule has 0 aromatic heterocycles. The number of primary amides is 1. The summed E-state index contributed by atoms with van der Waals surface area (Å²) in [5.74, 6) is 1.14. The van der Waals surface area contributed by atoms with E-state index in [-0.39, 0.29) is 5.41 Å². The van der Waals surface area contributed by atoms with E-state index in [4.69, 9.17) is 10.5 Å². The number of ether oxygens (including phenoxy) is 1. The van der Waals surface area contributed by atoms with Gasteiger partial charge in [0, 0.05) is 12.5 Å². The van der Waals surface area contributed by atoms with Crippen molar-refractivity contribution in [3.8, 4) is 0 Å². The van der Waals surface area contributed by atoms with Crippen molar-refractivity contribution in [2.75, 3.05) is 19.7 Å². The molecule has 1 saturated carbocycles. The third-order valence-electron chi connectivity index (χ3n) is 4.28. The lowest BCUT2D eigenvalue weighted by Gasteiger charge is -2.30. The average molecular weight is 212 g/mol. The fraction of sp³-hybridized carbons (Fsp3) is 0.909. The Kier molecular flexibility index (Phi) is 2.23. The van der Waals surface area contributed by atoms with Gasteiger partial charge in [0.25, 0.3) is 0 Å². The van der Waals surface area contributed by atoms with Gasteiger partial charge in [0.05, 0.1) is 6.61 Å². The highest BCUT2D eigenvalue weighted by Crippen LogP contribution is 2.69. The summed E-state index contributed by atoms with van der Waals surface area (Å²) in [7, 11) is 0. The number of nitrogens with one attached hydrogen (secondary N) is 1. The van der Waals surface area contributed by atoms with Crippen LogP contribution in [0, 0.1) is 22.7 Å². The Labute approximate surface area is 90.5 Å². The van der Waals surface area contributed by atoms with E-state index >= 15 is 0 Å². The fourth-order valence-electron chi connectivity index (χ4n) is 3.44. The van der Waals surface area contributed by atoms with Gasteiger partial charge in [0.15, 0.2) is 0 Å². The molecule has 1 aliphatic heterocycles. The molecular formula is C11H20N2O2. The number of carbonyl (C=O) groups excluding carboxylic acids is 1. The Bertz CT molecular complexity index is 285. The van der Waals surface area contributed by atoms with Gasteiger partial charge in [-0.2, -0.15) is 0 Å². The van der Waals surface area contributed by atoms with Gasteiger partial charge < -0.3 is 15.8 Å². The summed E-state index contributed by atoms with van der Waals surface area (Å²) in [6, 6.07) is 0. The molecule has 3 atom stereocenters. The zero-order valence-electron chi connectivity index (χ0n) is 9.67. The highest BCUT2D eigenvalue weighted by Gasteiger charge is 2.71. The number of amides is 1. The first-order valence-corrected chi connectivity index (χ1v) is 5.52. The van der Waals surface area contributed by atoms with Gasteiger partial charge in [-0.3, -0.25) is 0 Å². The zero-order valence-corrected chi connectivity index (χ0v) is 9.67. The molecule has 15 heavy (non-hydrogen) atoms. The molecule has 0 aromatic carbocycles. The van der Waals surface area contributed by atoms with E-state index in [2.05, 4.69) is 26.1 Å². The van der Waals surface area contributed by atoms with Crippen molar-refractivity contribution in [3.63, 3.8) is 0 Å². The van der Waals surface area contributed by atoms with E-state index < -0.39 is 6.09 Å². The maximum absolute atomic E-state index is 10.6. The fourth-order valence-corrected chi connectivity index (χ4v) is 3.44. The van der Waals surface area contributed by atoms with Crippen molar-refractivity contribution in [1.82, 2.24) is 5.32 Å². The van der Waals surface area contributed by atoms with Crippen molar-refractivity contribution < 1.29 is 9.53 Å². The van der Waals surface area contributed by atoms with Crippen molar-refractivity contribution in [2.45, 2.75) is 20.8 Å². The summed E-state index contributed by atoms with van der Waals surface area (Å²) < 4.78 is 4.93. The maximum atomic E-state index is 10.6. The van der Waals surface area contributed by atoms with E-state index in [1.54, 1.807) is 0 Å². The minimum absolute atomic E-state index is 0.257. The van der Waals surface area contributed by atoms with E-state index in [1.807, 2.05) is 0 Å². The van der Waals surface area contributed by atoms with Gasteiger partial charge >= 0.3 is 6.09 Å². The number of piperidine rings is 1. The summed E-state index contributed by atoms with van der Waals surface area (Å²) in [5.41, 5.74) is 5.56. The van der Waals surface area contributed by atoms with Crippen LogP contribution in [-0.2, 0) is 4.74 Å². The first-order valence-electron chi connectivity index (χ1n) is 5.52. The van der Waals surface area contributed by atoms with Crippen molar-refractivity contribution in [2.24, 2.45) is 28.4 Å². The van der Waals surface area contributed by atoms with Crippen LogP contribution in [-0.4, -0.2) is 25.8 Å².